The molecule has 1 fully saturated rings. The lowest BCUT2D eigenvalue weighted by Gasteiger charge is -2.42. The Morgan fingerprint density at radius 3 is 2.39 bits per heavy atom. The molecule has 0 radical (unpaired) electrons. The minimum Gasteiger partial charge on any atom is -0.332 e. The van der Waals surface area contributed by atoms with E-state index in [0.29, 0.717) is 19.3 Å². The predicted octanol–water partition coefficient (Wildman–Crippen LogP) is 2.73. The maximum absolute atomic E-state index is 12.4. The van der Waals surface area contributed by atoms with Crippen LogP contribution in [0.25, 0.3) is 0 Å². The van der Waals surface area contributed by atoms with Crippen LogP contribution in [0.1, 0.15) is 33.1 Å². The fourth-order valence-electron chi connectivity index (χ4n) is 2.49. The summed E-state index contributed by atoms with van der Waals surface area (Å²) in [6, 6.07) is 1.91. The standard InChI is InChI=1S/C12H17F3N2O/c1-3-4-17(8-12(13,14)15)10(18)11(7-16)5-9(2)6-11/h9H,3-6,8H2,1-2H3. The summed E-state index contributed by atoms with van der Waals surface area (Å²) in [5.74, 6) is -0.440. The van der Waals surface area contributed by atoms with E-state index in [1.165, 1.54) is 0 Å². The van der Waals surface area contributed by atoms with E-state index in [9.17, 15) is 18.0 Å². The molecule has 0 heterocycles. The minimum atomic E-state index is -4.42. The van der Waals surface area contributed by atoms with Gasteiger partial charge in [0, 0.05) is 6.54 Å². The molecule has 102 valence electrons. The van der Waals surface area contributed by atoms with Crippen LogP contribution in [0.15, 0.2) is 0 Å². The van der Waals surface area contributed by atoms with Gasteiger partial charge in [0.05, 0.1) is 6.07 Å². The highest BCUT2D eigenvalue weighted by Gasteiger charge is 2.51. The van der Waals surface area contributed by atoms with Gasteiger partial charge in [-0.3, -0.25) is 4.79 Å². The van der Waals surface area contributed by atoms with Crippen LogP contribution in [-0.2, 0) is 4.79 Å². The molecule has 3 nitrogen and oxygen atoms in total. The second-order valence-electron chi connectivity index (χ2n) is 5.05. The van der Waals surface area contributed by atoms with Gasteiger partial charge < -0.3 is 4.90 Å². The normalized spacial score (nSPS) is 27.2. The molecule has 0 saturated heterocycles. The van der Waals surface area contributed by atoms with E-state index in [4.69, 9.17) is 5.26 Å². The largest absolute Gasteiger partial charge is 0.406 e. The van der Waals surface area contributed by atoms with E-state index in [2.05, 4.69) is 0 Å². The Hall–Kier alpha value is -1.25. The third kappa shape index (κ3) is 3.15. The van der Waals surface area contributed by atoms with Crippen molar-refractivity contribution in [3.8, 4) is 6.07 Å². The van der Waals surface area contributed by atoms with Gasteiger partial charge >= 0.3 is 6.18 Å². The van der Waals surface area contributed by atoms with E-state index in [1.54, 1.807) is 6.92 Å². The fourth-order valence-corrected chi connectivity index (χ4v) is 2.49. The number of amides is 1. The lowest BCUT2D eigenvalue weighted by molar-refractivity contribution is -0.169. The molecule has 0 aromatic carbocycles. The summed E-state index contributed by atoms with van der Waals surface area (Å²) in [6.45, 7) is 2.36. The number of alkyl halides is 3. The lowest BCUT2D eigenvalue weighted by atomic mass is 9.62. The van der Waals surface area contributed by atoms with Crippen LogP contribution in [-0.4, -0.2) is 30.1 Å². The number of hydrogen-bond donors (Lipinski definition) is 0. The van der Waals surface area contributed by atoms with Crippen LogP contribution < -0.4 is 0 Å². The molecule has 1 saturated carbocycles. The van der Waals surface area contributed by atoms with Crippen molar-refractivity contribution in [2.24, 2.45) is 11.3 Å². The Balaban J connectivity index is 2.80. The van der Waals surface area contributed by atoms with Crippen LogP contribution in [0.2, 0.25) is 0 Å². The van der Waals surface area contributed by atoms with Crippen LogP contribution in [0.4, 0.5) is 13.2 Å². The topological polar surface area (TPSA) is 44.1 Å². The monoisotopic (exact) mass is 262 g/mol. The van der Waals surface area contributed by atoms with Gasteiger partial charge in [-0.1, -0.05) is 13.8 Å². The summed E-state index contributed by atoms with van der Waals surface area (Å²) >= 11 is 0. The quantitative estimate of drug-likeness (QED) is 0.782. The molecule has 0 aromatic heterocycles. The summed E-state index contributed by atoms with van der Waals surface area (Å²) in [5.41, 5.74) is -1.22. The molecule has 1 aliphatic rings. The van der Waals surface area contributed by atoms with Gasteiger partial charge in [0.25, 0.3) is 0 Å². The van der Waals surface area contributed by atoms with Gasteiger partial charge in [-0.2, -0.15) is 18.4 Å². The van der Waals surface area contributed by atoms with Crippen molar-refractivity contribution in [3.05, 3.63) is 0 Å². The molecule has 1 aliphatic carbocycles. The van der Waals surface area contributed by atoms with E-state index in [1.807, 2.05) is 13.0 Å². The molecule has 0 aromatic rings. The number of carbonyl (C=O) groups excluding carboxylic acids is 1. The van der Waals surface area contributed by atoms with Gasteiger partial charge in [-0.15, -0.1) is 0 Å². The number of nitrogens with zero attached hydrogens (tertiary/aromatic N) is 2. The van der Waals surface area contributed by atoms with Crippen molar-refractivity contribution in [1.82, 2.24) is 4.90 Å². The second kappa shape index (κ2) is 5.17. The molecular weight excluding hydrogens is 245 g/mol. The van der Waals surface area contributed by atoms with Crippen LogP contribution in [0.3, 0.4) is 0 Å². The lowest BCUT2D eigenvalue weighted by Crippen LogP contribution is -2.52. The summed E-state index contributed by atoms with van der Waals surface area (Å²) in [7, 11) is 0. The van der Waals surface area contributed by atoms with E-state index >= 15 is 0 Å². The molecule has 1 amide bonds. The third-order valence-corrected chi connectivity index (χ3v) is 3.17. The summed E-state index contributed by atoms with van der Waals surface area (Å²) < 4.78 is 37.2. The van der Waals surface area contributed by atoms with Crippen molar-refractivity contribution in [2.45, 2.75) is 39.3 Å². The summed E-state index contributed by atoms with van der Waals surface area (Å²) in [6.07, 6.45) is -3.25. The van der Waals surface area contributed by atoms with E-state index < -0.39 is 24.0 Å². The molecule has 1 rings (SSSR count). The highest BCUT2D eigenvalue weighted by Crippen LogP contribution is 2.46. The smallest absolute Gasteiger partial charge is 0.332 e. The average Bonchev–Trinajstić information content (AvgIpc) is 2.21. The van der Waals surface area contributed by atoms with Gasteiger partial charge in [-0.25, -0.2) is 0 Å². The number of hydrogen-bond acceptors (Lipinski definition) is 2. The second-order valence-corrected chi connectivity index (χ2v) is 5.05. The number of halogens is 3. The van der Waals surface area contributed by atoms with E-state index in [-0.39, 0.29) is 12.5 Å². The molecule has 18 heavy (non-hydrogen) atoms. The fraction of sp³-hybridized carbons (Fsp3) is 0.833. The Morgan fingerprint density at radius 1 is 1.50 bits per heavy atom. The van der Waals surface area contributed by atoms with Crippen molar-refractivity contribution < 1.29 is 18.0 Å². The zero-order valence-corrected chi connectivity index (χ0v) is 10.5. The van der Waals surface area contributed by atoms with Crippen molar-refractivity contribution >= 4 is 5.91 Å². The van der Waals surface area contributed by atoms with Crippen molar-refractivity contribution in [1.29, 1.82) is 5.26 Å². The van der Waals surface area contributed by atoms with Crippen molar-refractivity contribution in [3.63, 3.8) is 0 Å². The Labute approximate surface area is 105 Å². The average molecular weight is 262 g/mol. The molecule has 0 N–H and O–H groups in total. The molecule has 0 spiro atoms. The molecular formula is C12H17F3N2O. The van der Waals surface area contributed by atoms with Crippen molar-refractivity contribution in [2.75, 3.05) is 13.1 Å². The Kier molecular flexibility index (Phi) is 4.25. The SMILES string of the molecule is CCCN(CC(F)(F)F)C(=O)C1(C#N)CC(C)C1. The van der Waals surface area contributed by atoms with Gasteiger partial charge in [0.1, 0.15) is 12.0 Å². The van der Waals surface area contributed by atoms with E-state index in [0.717, 1.165) is 4.90 Å². The van der Waals surface area contributed by atoms with Gasteiger partial charge in [0.15, 0.2) is 0 Å². The Morgan fingerprint density at radius 2 is 2.06 bits per heavy atom. The first-order valence-corrected chi connectivity index (χ1v) is 6.01. The number of carbonyl (C=O) groups is 1. The highest BCUT2D eigenvalue weighted by atomic mass is 19.4. The predicted molar refractivity (Wildman–Crippen MR) is 59.4 cm³/mol. The first-order valence-electron chi connectivity index (χ1n) is 6.01. The zero-order chi connectivity index (χ0) is 14.0. The molecule has 0 unspecified atom stereocenters. The number of nitriles is 1. The zero-order valence-electron chi connectivity index (χ0n) is 10.5. The molecule has 0 aliphatic heterocycles. The third-order valence-electron chi connectivity index (χ3n) is 3.17. The number of rotatable bonds is 4. The highest BCUT2D eigenvalue weighted by molar-refractivity contribution is 5.86. The van der Waals surface area contributed by atoms with Crippen LogP contribution >= 0.6 is 0 Å². The first-order chi connectivity index (χ1) is 8.24. The molecule has 0 atom stereocenters. The maximum Gasteiger partial charge on any atom is 0.406 e. The Bertz CT molecular complexity index is 353. The van der Waals surface area contributed by atoms with Gasteiger partial charge in [0.2, 0.25) is 5.91 Å². The molecule has 0 bridgehead atoms. The molecule has 6 heteroatoms. The van der Waals surface area contributed by atoms with Crippen LogP contribution in [0.5, 0.6) is 0 Å². The maximum atomic E-state index is 12.4. The minimum absolute atomic E-state index is 0.0379. The van der Waals surface area contributed by atoms with Crippen LogP contribution in [0, 0.1) is 22.7 Å². The summed E-state index contributed by atoms with van der Waals surface area (Å²) in [4.78, 5) is 12.9. The van der Waals surface area contributed by atoms with Gasteiger partial charge in [-0.05, 0) is 25.2 Å². The first kappa shape index (κ1) is 14.8. The summed E-state index contributed by atoms with van der Waals surface area (Å²) in [5, 5.41) is 9.06.